The zero-order chi connectivity index (χ0) is 18.4. The number of carbonyl (C=O) groups excluding carboxylic acids is 2. The summed E-state index contributed by atoms with van der Waals surface area (Å²) in [7, 11) is 0. The molecule has 0 saturated heterocycles. The van der Waals surface area contributed by atoms with Crippen LogP contribution >= 0.6 is 0 Å². The molecular weight excluding hydrogens is 320 g/mol. The van der Waals surface area contributed by atoms with E-state index in [1.807, 2.05) is 67.6 Å². The first-order valence-electron chi connectivity index (χ1n) is 8.59. The number of carbonyl (C=O) groups is 2. The number of benzene rings is 3. The van der Waals surface area contributed by atoms with Crippen LogP contribution in [0.2, 0.25) is 0 Å². The molecule has 0 unspecified atom stereocenters. The van der Waals surface area contributed by atoms with Gasteiger partial charge < -0.3 is 0 Å². The van der Waals surface area contributed by atoms with Gasteiger partial charge in [-0.15, -0.1) is 0 Å². The Morgan fingerprint density at radius 2 is 1.23 bits per heavy atom. The summed E-state index contributed by atoms with van der Waals surface area (Å²) in [5.41, 5.74) is 4.02. The van der Waals surface area contributed by atoms with Crippen molar-refractivity contribution in [3.63, 3.8) is 0 Å². The molecule has 3 aromatic carbocycles. The Labute approximate surface area is 153 Å². The van der Waals surface area contributed by atoms with Crippen molar-refractivity contribution in [2.24, 2.45) is 0 Å². The Morgan fingerprint density at radius 3 is 1.81 bits per heavy atom. The first kappa shape index (κ1) is 17.6. The summed E-state index contributed by atoms with van der Waals surface area (Å²) in [5, 5.41) is 0. The Hall–Kier alpha value is -3.26. The van der Waals surface area contributed by atoms with Crippen LogP contribution in [0.15, 0.2) is 91.0 Å². The van der Waals surface area contributed by atoms with Crippen molar-refractivity contribution in [3.8, 4) is 0 Å². The fourth-order valence-corrected chi connectivity index (χ4v) is 2.75. The molecule has 0 aromatic heterocycles. The number of Topliss-reactive ketones (excluding diaryl/α,β-unsaturated/α-hetero) is 1. The van der Waals surface area contributed by atoms with Crippen molar-refractivity contribution in [2.75, 3.05) is 0 Å². The van der Waals surface area contributed by atoms with E-state index < -0.39 is 0 Å². The van der Waals surface area contributed by atoms with Gasteiger partial charge in [-0.2, -0.15) is 0 Å². The molecule has 0 atom stereocenters. The lowest BCUT2D eigenvalue weighted by atomic mass is 9.94. The van der Waals surface area contributed by atoms with Gasteiger partial charge in [0.1, 0.15) is 0 Å². The quantitative estimate of drug-likeness (QED) is 0.436. The van der Waals surface area contributed by atoms with Crippen molar-refractivity contribution < 1.29 is 9.59 Å². The van der Waals surface area contributed by atoms with E-state index in [0.717, 1.165) is 16.7 Å². The number of rotatable bonds is 6. The molecular formula is C24H20O2. The van der Waals surface area contributed by atoms with E-state index in [2.05, 4.69) is 0 Å². The minimum Gasteiger partial charge on any atom is -0.294 e. The van der Waals surface area contributed by atoms with Crippen LogP contribution < -0.4 is 0 Å². The normalized spacial score (nSPS) is 11.2. The van der Waals surface area contributed by atoms with Gasteiger partial charge in [0, 0.05) is 17.5 Å². The minimum absolute atomic E-state index is 0.00159. The summed E-state index contributed by atoms with van der Waals surface area (Å²) in [6.45, 7) is 2.01. The van der Waals surface area contributed by atoms with Gasteiger partial charge in [0.15, 0.2) is 11.6 Å². The van der Waals surface area contributed by atoms with Gasteiger partial charge in [-0.1, -0.05) is 90.5 Å². The predicted molar refractivity (Wildman–Crippen MR) is 105 cm³/mol. The van der Waals surface area contributed by atoms with E-state index in [-0.39, 0.29) is 18.0 Å². The van der Waals surface area contributed by atoms with Crippen LogP contribution in [0, 0.1) is 6.92 Å². The van der Waals surface area contributed by atoms with Crippen LogP contribution in [-0.2, 0) is 0 Å². The fourth-order valence-electron chi connectivity index (χ4n) is 2.75. The number of hydrogen-bond acceptors (Lipinski definition) is 2. The average Bonchev–Trinajstić information content (AvgIpc) is 2.69. The maximum atomic E-state index is 12.7. The van der Waals surface area contributed by atoms with Crippen LogP contribution in [0.25, 0.3) is 5.57 Å². The van der Waals surface area contributed by atoms with Gasteiger partial charge in [-0.3, -0.25) is 9.59 Å². The van der Waals surface area contributed by atoms with E-state index >= 15 is 0 Å². The third-order valence-corrected chi connectivity index (χ3v) is 4.23. The summed E-state index contributed by atoms with van der Waals surface area (Å²) in [5.74, 6) is -0.0969. The highest BCUT2D eigenvalue weighted by Crippen LogP contribution is 2.22. The van der Waals surface area contributed by atoms with Crippen LogP contribution in [0.4, 0.5) is 0 Å². The van der Waals surface area contributed by atoms with E-state index in [1.54, 1.807) is 30.3 Å². The highest BCUT2D eigenvalue weighted by Gasteiger charge is 2.13. The predicted octanol–water partition coefficient (Wildman–Crippen LogP) is 5.53. The zero-order valence-electron chi connectivity index (χ0n) is 14.7. The highest BCUT2D eigenvalue weighted by atomic mass is 16.1. The molecule has 3 aromatic rings. The monoisotopic (exact) mass is 340 g/mol. The molecule has 128 valence electrons. The summed E-state index contributed by atoms with van der Waals surface area (Å²) in [6.07, 6.45) is 1.77. The smallest absolute Gasteiger partial charge is 0.186 e. The maximum absolute atomic E-state index is 12.7. The van der Waals surface area contributed by atoms with Crippen molar-refractivity contribution in [1.82, 2.24) is 0 Å². The Bertz CT molecular complexity index is 921. The third kappa shape index (κ3) is 4.42. The van der Waals surface area contributed by atoms with E-state index in [9.17, 15) is 9.59 Å². The van der Waals surface area contributed by atoms with Crippen LogP contribution in [0.1, 0.15) is 38.3 Å². The summed E-state index contributed by atoms with van der Waals surface area (Å²) < 4.78 is 0. The topological polar surface area (TPSA) is 34.1 Å². The SMILES string of the molecule is Cc1ccc(C(=CC(=O)c2ccccc2)CC(=O)c2ccccc2)cc1. The molecule has 0 amide bonds. The maximum Gasteiger partial charge on any atom is 0.186 e. The zero-order valence-corrected chi connectivity index (χ0v) is 14.7. The lowest BCUT2D eigenvalue weighted by Crippen LogP contribution is -2.03. The molecule has 26 heavy (non-hydrogen) atoms. The lowest BCUT2D eigenvalue weighted by molar-refractivity contribution is 0.0998. The molecule has 0 N–H and O–H groups in total. The van der Waals surface area contributed by atoms with Crippen molar-refractivity contribution >= 4 is 17.1 Å². The molecule has 0 aliphatic heterocycles. The van der Waals surface area contributed by atoms with Gasteiger partial charge in [-0.25, -0.2) is 0 Å². The van der Waals surface area contributed by atoms with Gasteiger partial charge >= 0.3 is 0 Å². The molecule has 0 aliphatic carbocycles. The molecule has 0 heterocycles. The van der Waals surface area contributed by atoms with Crippen molar-refractivity contribution in [3.05, 3.63) is 113 Å². The van der Waals surface area contributed by atoms with Crippen LogP contribution in [0.3, 0.4) is 0 Å². The fraction of sp³-hybridized carbons (Fsp3) is 0.0833. The first-order chi connectivity index (χ1) is 12.6. The first-order valence-corrected chi connectivity index (χ1v) is 8.59. The molecule has 2 heteroatoms. The minimum atomic E-state index is -0.0953. The van der Waals surface area contributed by atoms with Crippen LogP contribution in [-0.4, -0.2) is 11.6 Å². The summed E-state index contributed by atoms with van der Waals surface area (Å²) in [6, 6.07) is 26.2. The standard InChI is InChI=1S/C24H20O2/c1-18-12-14-19(15-13-18)22(16-23(25)20-8-4-2-5-9-20)17-24(26)21-10-6-3-7-11-21/h2-16H,17H2,1H3. The van der Waals surface area contributed by atoms with Crippen molar-refractivity contribution in [2.45, 2.75) is 13.3 Å². The molecule has 0 fully saturated rings. The number of aryl methyl sites for hydroxylation is 1. The van der Waals surface area contributed by atoms with Gasteiger partial charge in [-0.05, 0) is 24.1 Å². The molecule has 3 rings (SSSR count). The second-order valence-electron chi connectivity index (χ2n) is 6.23. The molecule has 0 saturated carbocycles. The van der Waals surface area contributed by atoms with Gasteiger partial charge in [0.2, 0.25) is 0 Å². The van der Waals surface area contributed by atoms with Crippen molar-refractivity contribution in [1.29, 1.82) is 0 Å². The summed E-state index contributed by atoms with van der Waals surface area (Å²) in [4.78, 5) is 25.3. The molecule has 0 radical (unpaired) electrons. The third-order valence-electron chi connectivity index (χ3n) is 4.23. The van der Waals surface area contributed by atoms with Gasteiger partial charge in [0.05, 0.1) is 0 Å². The van der Waals surface area contributed by atoms with Crippen LogP contribution in [0.5, 0.6) is 0 Å². The second kappa shape index (κ2) is 8.21. The molecule has 0 bridgehead atoms. The Morgan fingerprint density at radius 1 is 0.692 bits per heavy atom. The number of hydrogen-bond donors (Lipinski definition) is 0. The molecule has 2 nitrogen and oxygen atoms in total. The highest BCUT2D eigenvalue weighted by molar-refractivity contribution is 6.11. The van der Waals surface area contributed by atoms with Gasteiger partial charge in [0.25, 0.3) is 0 Å². The molecule has 0 spiro atoms. The average molecular weight is 340 g/mol. The Kier molecular flexibility index (Phi) is 5.55. The lowest BCUT2D eigenvalue weighted by Gasteiger charge is -2.09. The summed E-state index contributed by atoms with van der Waals surface area (Å²) >= 11 is 0. The van der Waals surface area contributed by atoms with E-state index in [4.69, 9.17) is 0 Å². The second-order valence-corrected chi connectivity index (χ2v) is 6.23. The number of allylic oxidation sites excluding steroid dienone is 2. The largest absolute Gasteiger partial charge is 0.294 e. The Balaban J connectivity index is 1.94. The molecule has 0 aliphatic rings. The van der Waals surface area contributed by atoms with E-state index in [1.165, 1.54) is 0 Å². The van der Waals surface area contributed by atoms with E-state index in [0.29, 0.717) is 11.1 Å². The number of ketones is 2.